The Morgan fingerprint density at radius 1 is 0.821 bits per heavy atom. The van der Waals surface area contributed by atoms with Crippen molar-refractivity contribution in [3.05, 3.63) is 50.7 Å². The SMILES string of the molecule is CC.CCCC=O.CNCCOCCOCCOCCOCCC(=O)NC(C(=O)NC(CCCNC(N)=O)C(N)=O)C(C)C.OOCc1ccccc1.[CH3-].[CH3-].[Y]. The van der Waals surface area contributed by atoms with Gasteiger partial charge in [0.05, 0.1) is 52.9 Å². The number of unbranched alkanes of at least 4 members (excludes halogenated alkanes) is 1. The van der Waals surface area contributed by atoms with Crippen molar-refractivity contribution < 1.29 is 85.8 Å². The van der Waals surface area contributed by atoms with Crippen LogP contribution in [0.1, 0.15) is 72.3 Å². The van der Waals surface area contributed by atoms with Crippen molar-refractivity contribution in [2.24, 2.45) is 17.4 Å². The van der Waals surface area contributed by atoms with Crippen LogP contribution in [0.4, 0.5) is 4.79 Å². The molecule has 0 aliphatic heterocycles. The first kappa shape index (κ1) is 65.3. The fourth-order valence-electron chi connectivity index (χ4n) is 3.71. The van der Waals surface area contributed by atoms with E-state index in [1.54, 1.807) is 13.8 Å². The third kappa shape index (κ3) is 45.8. The Kier molecular flexibility index (Phi) is 58.7. The third-order valence-corrected chi connectivity index (χ3v) is 6.46. The maximum Gasteiger partial charge on any atom is 0.312 e. The predicted molar refractivity (Wildman–Crippen MR) is 216 cm³/mol. The molecule has 1 rings (SSSR count). The van der Waals surface area contributed by atoms with E-state index in [4.69, 9.17) is 35.7 Å². The summed E-state index contributed by atoms with van der Waals surface area (Å²) in [5.41, 5.74) is 11.3. The van der Waals surface area contributed by atoms with Gasteiger partial charge in [0.2, 0.25) is 17.7 Å². The van der Waals surface area contributed by atoms with E-state index in [9.17, 15) is 24.0 Å². The topological polar surface area (TPSA) is 252 Å². The monoisotopic (exact) mass is 879 g/mol. The van der Waals surface area contributed by atoms with Gasteiger partial charge in [-0.1, -0.05) is 65.0 Å². The van der Waals surface area contributed by atoms with Crippen molar-refractivity contribution in [2.45, 2.75) is 85.4 Å². The Morgan fingerprint density at radius 3 is 1.75 bits per heavy atom. The van der Waals surface area contributed by atoms with Crippen LogP contribution in [0.3, 0.4) is 0 Å². The number of urea groups is 1. The summed E-state index contributed by atoms with van der Waals surface area (Å²) in [6.45, 7) is 14.3. The van der Waals surface area contributed by atoms with E-state index in [0.717, 1.165) is 24.8 Å². The molecule has 0 aliphatic carbocycles. The Balaban J connectivity index is -0.000000273. The molecule has 0 aromatic heterocycles. The fourth-order valence-corrected chi connectivity index (χ4v) is 3.71. The maximum atomic E-state index is 12.7. The number of primary amides is 2. The van der Waals surface area contributed by atoms with Gasteiger partial charge in [-0.05, 0) is 37.8 Å². The van der Waals surface area contributed by atoms with Crippen molar-refractivity contribution in [1.29, 1.82) is 0 Å². The number of amides is 5. The molecule has 2 atom stereocenters. The molecule has 1 aromatic rings. The summed E-state index contributed by atoms with van der Waals surface area (Å²) in [5, 5.41) is 18.6. The first-order valence-electron chi connectivity index (χ1n) is 18.2. The summed E-state index contributed by atoms with van der Waals surface area (Å²) < 4.78 is 21.5. The standard InChI is InChI=1S/C23H46N6O8.C7H8O2.C4H8O.C2H6.2CH3.Y/c1-17(2)20(22(32)28-18(21(24)31)5-4-7-27-23(25)33)29-19(30)6-9-34-11-13-36-15-16-37-14-12-35-10-8-26-3;8-9-6-7-4-2-1-3-5-7;1-2-3-4-5;1-2;;;/h17-18,20,26H,4-16H2,1-3H3,(H2,24,31)(H,28,32)(H,29,30)(H3,25,27,33);1-5,8H,6H2;4H,2-3H2,1H3;1-2H3;2*1H3;/q;;;;2*-1;. The molecule has 1 radical (unpaired) electrons. The van der Waals surface area contributed by atoms with Gasteiger partial charge in [-0.15, -0.1) is 0 Å². The molecule has 17 nitrogen and oxygen atoms in total. The fraction of sp³-hybridized carbons (Fsp3) is 0.658. The Bertz CT molecular complexity index is 1030. The summed E-state index contributed by atoms with van der Waals surface area (Å²) in [5.74, 6) is -1.82. The second kappa shape index (κ2) is 50.4. The molecular formula is C38H74N6O11Y-2. The number of hydrogen-bond acceptors (Lipinski definition) is 12. The molecule has 5 amide bonds. The molecule has 56 heavy (non-hydrogen) atoms. The van der Waals surface area contributed by atoms with Crippen molar-refractivity contribution in [2.75, 3.05) is 73.0 Å². The molecule has 0 saturated carbocycles. The van der Waals surface area contributed by atoms with Gasteiger partial charge in [-0.2, -0.15) is 0 Å². The number of nitrogens with two attached hydrogens (primary N) is 2. The first-order chi connectivity index (χ1) is 25.5. The smallest absolute Gasteiger partial charge is 0.312 e. The van der Waals surface area contributed by atoms with Crippen LogP contribution in [0.5, 0.6) is 0 Å². The number of carbonyl (C=O) groups excluding carboxylic acids is 5. The second-order valence-electron chi connectivity index (χ2n) is 11.2. The number of nitrogens with one attached hydrogen (secondary N) is 4. The van der Waals surface area contributed by atoms with Crippen LogP contribution in [-0.2, 0) is 82.3 Å². The van der Waals surface area contributed by atoms with Gasteiger partial charge in [-0.3, -0.25) is 19.6 Å². The summed E-state index contributed by atoms with van der Waals surface area (Å²) in [4.78, 5) is 60.7. The van der Waals surface area contributed by atoms with E-state index >= 15 is 0 Å². The molecule has 327 valence electrons. The average molecular weight is 880 g/mol. The molecule has 2 unspecified atom stereocenters. The molecule has 0 heterocycles. The first-order valence-corrected chi connectivity index (χ1v) is 18.2. The van der Waals surface area contributed by atoms with Gasteiger partial charge in [-0.25, -0.2) is 9.68 Å². The van der Waals surface area contributed by atoms with Crippen LogP contribution in [0, 0.1) is 20.8 Å². The Hall–Kier alpha value is -2.61. The van der Waals surface area contributed by atoms with Gasteiger partial charge < -0.3 is 71.3 Å². The average Bonchev–Trinajstić information content (AvgIpc) is 3.14. The number of hydrogen-bond donors (Lipinski definition) is 7. The van der Waals surface area contributed by atoms with Crippen LogP contribution in [-0.4, -0.2) is 120 Å². The van der Waals surface area contributed by atoms with Crippen molar-refractivity contribution in [1.82, 2.24) is 21.3 Å². The van der Waals surface area contributed by atoms with Crippen LogP contribution < -0.4 is 32.7 Å². The number of likely N-dealkylation sites (N-methyl/N-ethyl adjacent to an activating group) is 1. The van der Waals surface area contributed by atoms with Crippen molar-refractivity contribution in [3.63, 3.8) is 0 Å². The van der Waals surface area contributed by atoms with E-state index in [2.05, 4.69) is 26.2 Å². The van der Waals surface area contributed by atoms with Crippen LogP contribution >= 0.6 is 0 Å². The van der Waals surface area contributed by atoms with Gasteiger partial charge >= 0.3 is 6.03 Å². The molecule has 0 bridgehead atoms. The van der Waals surface area contributed by atoms with E-state index < -0.39 is 29.9 Å². The number of benzene rings is 1. The van der Waals surface area contributed by atoms with Crippen molar-refractivity contribution in [3.8, 4) is 0 Å². The van der Waals surface area contributed by atoms with Crippen LogP contribution in [0.25, 0.3) is 0 Å². The second-order valence-corrected chi connectivity index (χ2v) is 11.2. The predicted octanol–water partition coefficient (Wildman–Crippen LogP) is 2.81. The summed E-state index contributed by atoms with van der Waals surface area (Å²) >= 11 is 0. The number of carbonyl (C=O) groups is 5. The minimum atomic E-state index is -0.939. The number of aldehydes is 1. The summed E-state index contributed by atoms with van der Waals surface area (Å²) in [6, 6.07) is 7.01. The molecule has 18 heteroatoms. The third-order valence-electron chi connectivity index (χ3n) is 6.46. The van der Waals surface area contributed by atoms with Crippen LogP contribution in [0.15, 0.2) is 30.3 Å². The molecule has 0 fully saturated rings. The van der Waals surface area contributed by atoms with Crippen LogP contribution in [0.2, 0.25) is 0 Å². The van der Waals surface area contributed by atoms with E-state index in [0.29, 0.717) is 59.1 Å². The Labute approximate surface area is 362 Å². The molecule has 0 aliphatic rings. The zero-order chi connectivity index (χ0) is 40.5. The largest absolute Gasteiger partial charge is 0.379 e. The molecule has 0 spiro atoms. The summed E-state index contributed by atoms with van der Waals surface area (Å²) in [7, 11) is 1.86. The maximum absolute atomic E-state index is 12.7. The van der Waals surface area contributed by atoms with Crippen molar-refractivity contribution >= 4 is 30.0 Å². The number of rotatable bonds is 28. The molecule has 9 N–H and O–H groups in total. The quantitative estimate of drug-likeness (QED) is 0.0211. The minimum absolute atomic E-state index is 0. The van der Waals surface area contributed by atoms with Gasteiger partial charge in [0, 0.05) is 58.6 Å². The normalized spacial score (nSPS) is 10.6. The van der Waals surface area contributed by atoms with Gasteiger partial charge in [0.15, 0.2) is 0 Å². The number of ether oxygens (including phenoxy) is 4. The van der Waals surface area contributed by atoms with E-state index in [-0.39, 0.29) is 92.0 Å². The zero-order valence-corrected chi connectivity index (χ0v) is 38.1. The molecule has 0 saturated heterocycles. The minimum Gasteiger partial charge on any atom is -0.379 e. The van der Waals surface area contributed by atoms with E-state index in [1.807, 2.05) is 58.2 Å². The van der Waals surface area contributed by atoms with Gasteiger partial charge in [0.1, 0.15) is 25.0 Å². The zero-order valence-electron chi connectivity index (χ0n) is 35.3. The molecule has 1 aromatic carbocycles. The molecular weight excluding hydrogens is 805 g/mol. The van der Waals surface area contributed by atoms with E-state index in [1.165, 1.54) is 0 Å². The Morgan fingerprint density at radius 2 is 1.34 bits per heavy atom. The summed E-state index contributed by atoms with van der Waals surface area (Å²) in [6.07, 6.45) is 3.28. The van der Waals surface area contributed by atoms with Gasteiger partial charge in [0.25, 0.3) is 0 Å².